The van der Waals surface area contributed by atoms with Gasteiger partial charge in [0.1, 0.15) is 6.20 Å². The molecule has 0 spiro atoms. The summed E-state index contributed by atoms with van der Waals surface area (Å²) in [5, 5.41) is 13.7. The standard InChI is InChI=1S/C12H17ClN4O3/c13-12-15-8-10(17(18)19)11(16-12)14-6-7-20-9-4-2-1-3-5-9/h8-9H,1-7H2,(H,14,15,16). The molecular formula is C12H17ClN4O3. The smallest absolute Gasteiger partial charge is 0.329 e. The van der Waals surface area contributed by atoms with Gasteiger partial charge in [-0.3, -0.25) is 10.1 Å². The van der Waals surface area contributed by atoms with E-state index in [-0.39, 0.29) is 16.8 Å². The Morgan fingerprint density at radius 2 is 2.20 bits per heavy atom. The lowest BCUT2D eigenvalue weighted by Crippen LogP contribution is -2.21. The summed E-state index contributed by atoms with van der Waals surface area (Å²) in [5.41, 5.74) is -0.188. The van der Waals surface area contributed by atoms with E-state index in [1.165, 1.54) is 19.3 Å². The molecule has 1 aromatic heterocycles. The quantitative estimate of drug-likeness (QED) is 0.376. The fourth-order valence-corrected chi connectivity index (χ4v) is 2.38. The molecule has 0 aromatic carbocycles. The van der Waals surface area contributed by atoms with Gasteiger partial charge in [-0.1, -0.05) is 19.3 Å². The van der Waals surface area contributed by atoms with Crippen molar-refractivity contribution in [2.24, 2.45) is 0 Å². The predicted molar refractivity (Wildman–Crippen MR) is 75.0 cm³/mol. The Balaban J connectivity index is 1.81. The summed E-state index contributed by atoms with van der Waals surface area (Å²) in [4.78, 5) is 17.7. The Kier molecular flexibility index (Phi) is 5.49. The van der Waals surface area contributed by atoms with Gasteiger partial charge in [-0.05, 0) is 24.4 Å². The second-order valence-corrected chi connectivity index (χ2v) is 5.03. The topological polar surface area (TPSA) is 90.2 Å². The van der Waals surface area contributed by atoms with Crippen LogP contribution in [-0.2, 0) is 4.74 Å². The third-order valence-electron chi connectivity index (χ3n) is 3.24. The first-order chi connectivity index (χ1) is 9.66. The van der Waals surface area contributed by atoms with Gasteiger partial charge >= 0.3 is 5.69 Å². The Labute approximate surface area is 121 Å². The Bertz CT molecular complexity index is 466. The van der Waals surface area contributed by atoms with Crippen molar-refractivity contribution in [2.75, 3.05) is 18.5 Å². The molecule has 1 fully saturated rings. The van der Waals surface area contributed by atoms with Gasteiger partial charge in [0.05, 0.1) is 17.6 Å². The number of nitrogens with zero attached hydrogens (tertiary/aromatic N) is 3. The maximum atomic E-state index is 10.8. The SMILES string of the molecule is O=[N+]([O-])c1cnc(Cl)nc1NCCOC1CCCCC1. The van der Waals surface area contributed by atoms with Gasteiger partial charge in [-0.15, -0.1) is 0 Å². The summed E-state index contributed by atoms with van der Waals surface area (Å²) in [6, 6.07) is 0. The Morgan fingerprint density at radius 1 is 1.45 bits per heavy atom. The lowest BCUT2D eigenvalue weighted by molar-refractivity contribution is -0.384. The molecule has 0 aliphatic heterocycles. The molecule has 0 saturated heterocycles. The summed E-state index contributed by atoms with van der Waals surface area (Å²) in [6.07, 6.45) is 7.31. The average Bonchev–Trinajstić information content (AvgIpc) is 2.44. The van der Waals surface area contributed by atoms with Crippen LogP contribution in [-0.4, -0.2) is 34.1 Å². The molecular weight excluding hydrogens is 284 g/mol. The Hall–Kier alpha value is -1.47. The zero-order chi connectivity index (χ0) is 14.4. The van der Waals surface area contributed by atoms with Gasteiger partial charge in [0.2, 0.25) is 11.1 Å². The van der Waals surface area contributed by atoms with E-state index < -0.39 is 4.92 Å². The van der Waals surface area contributed by atoms with Crippen molar-refractivity contribution in [2.45, 2.75) is 38.2 Å². The highest BCUT2D eigenvalue weighted by Gasteiger charge is 2.17. The van der Waals surface area contributed by atoms with E-state index in [1.54, 1.807) is 0 Å². The van der Waals surface area contributed by atoms with E-state index in [0.29, 0.717) is 19.3 Å². The second-order valence-electron chi connectivity index (χ2n) is 4.69. The monoisotopic (exact) mass is 300 g/mol. The molecule has 7 nitrogen and oxygen atoms in total. The number of nitro groups is 1. The normalized spacial score (nSPS) is 16.1. The third-order valence-corrected chi connectivity index (χ3v) is 3.42. The van der Waals surface area contributed by atoms with Gasteiger partial charge in [0.15, 0.2) is 0 Å². The molecule has 1 aromatic rings. The lowest BCUT2D eigenvalue weighted by Gasteiger charge is -2.22. The first kappa shape index (κ1) is 14.9. The summed E-state index contributed by atoms with van der Waals surface area (Å²) in [6.45, 7) is 0.939. The number of halogens is 1. The molecule has 1 N–H and O–H groups in total. The van der Waals surface area contributed by atoms with Crippen LogP contribution < -0.4 is 5.32 Å². The van der Waals surface area contributed by atoms with Gasteiger partial charge in [0.25, 0.3) is 0 Å². The highest BCUT2D eigenvalue weighted by molar-refractivity contribution is 6.28. The number of aromatic nitrogens is 2. The molecule has 20 heavy (non-hydrogen) atoms. The molecule has 0 amide bonds. The molecule has 0 atom stereocenters. The van der Waals surface area contributed by atoms with E-state index in [4.69, 9.17) is 16.3 Å². The van der Waals surface area contributed by atoms with Gasteiger partial charge in [-0.25, -0.2) is 4.98 Å². The minimum absolute atomic E-state index is 0.0219. The fourth-order valence-electron chi connectivity index (χ4n) is 2.24. The first-order valence-electron chi connectivity index (χ1n) is 6.69. The maximum absolute atomic E-state index is 10.8. The van der Waals surface area contributed by atoms with Crippen LogP contribution in [0.15, 0.2) is 6.20 Å². The van der Waals surface area contributed by atoms with Crippen molar-refractivity contribution in [1.29, 1.82) is 0 Å². The van der Waals surface area contributed by atoms with Crippen LogP contribution in [0, 0.1) is 10.1 Å². The van der Waals surface area contributed by atoms with E-state index in [2.05, 4.69) is 15.3 Å². The van der Waals surface area contributed by atoms with Crippen molar-refractivity contribution in [1.82, 2.24) is 9.97 Å². The van der Waals surface area contributed by atoms with Crippen molar-refractivity contribution >= 4 is 23.1 Å². The van der Waals surface area contributed by atoms with Crippen LogP contribution in [0.3, 0.4) is 0 Å². The van der Waals surface area contributed by atoms with Crippen LogP contribution >= 0.6 is 11.6 Å². The minimum Gasteiger partial charge on any atom is -0.376 e. The number of nitrogens with one attached hydrogen (secondary N) is 1. The van der Waals surface area contributed by atoms with E-state index in [0.717, 1.165) is 19.0 Å². The summed E-state index contributed by atoms with van der Waals surface area (Å²) < 4.78 is 5.73. The largest absolute Gasteiger partial charge is 0.376 e. The number of rotatable bonds is 6. The van der Waals surface area contributed by atoms with Gasteiger partial charge < -0.3 is 10.1 Å². The van der Waals surface area contributed by atoms with Gasteiger partial charge in [0, 0.05) is 6.54 Å². The number of ether oxygens (including phenoxy) is 1. The summed E-state index contributed by atoms with van der Waals surface area (Å²) in [5.74, 6) is 0.127. The molecule has 110 valence electrons. The molecule has 0 radical (unpaired) electrons. The highest BCUT2D eigenvalue weighted by Crippen LogP contribution is 2.22. The van der Waals surface area contributed by atoms with Crippen LogP contribution in [0.25, 0.3) is 0 Å². The zero-order valence-electron chi connectivity index (χ0n) is 11.0. The van der Waals surface area contributed by atoms with Crippen LogP contribution in [0.1, 0.15) is 32.1 Å². The first-order valence-corrected chi connectivity index (χ1v) is 7.07. The maximum Gasteiger partial charge on any atom is 0.329 e. The van der Waals surface area contributed by atoms with E-state index in [1.807, 2.05) is 0 Å². The fraction of sp³-hybridized carbons (Fsp3) is 0.667. The Morgan fingerprint density at radius 3 is 2.90 bits per heavy atom. The van der Waals surface area contributed by atoms with Crippen molar-refractivity contribution in [3.05, 3.63) is 21.6 Å². The molecule has 1 saturated carbocycles. The molecule has 1 aliphatic carbocycles. The molecule has 1 aliphatic rings. The number of hydrogen-bond donors (Lipinski definition) is 1. The van der Waals surface area contributed by atoms with Crippen molar-refractivity contribution < 1.29 is 9.66 Å². The van der Waals surface area contributed by atoms with Crippen LogP contribution in [0.5, 0.6) is 0 Å². The summed E-state index contributed by atoms with van der Waals surface area (Å²) >= 11 is 5.64. The average molecular weight is 301 g/mol. The molecule has 8 heteroatoms. The van der Waals surface area contributed by atoms with E-state index in [9.17, 15) is 10.1 Å². The van der Waals surface area contributed by atoms with Crippen LogP contribution in [0.2, 0.25) is 5.28 Å². The molecule has 0 bridgehead atoms. The third kappa shape index (κ3) is 4.28. The molecule has 1 heterocycles. The lowest BCUT2D eigenvalue weighted by atomic mass is 9.98. The number of hydrogen-bond acceptors (Lipinski definition) is 6. The minimum atomic E-state index is -0.541. The van der Waals surface area contributed by atoms with Crippen molar-refractivity contribution in [3.8, 4) is 0 Å². The summed E-state index contributed by atoms with van der Waals surface area (Å²) in [7, 11) is 0. The number of anilines is 1. The molecule has 0 unspecified atom stereocenters. The highest BCUT2D eigenvalue weighted by atomic mass is 35.5. The van der Waals surface area contributed by atoms with Crippen molar-refractivity contribution in [3.63, 3.8) is 0 Å². The molecule has 2 rings (SSSR count). The van der Waals surface area contributed by atoms with Crippen LogP contribution in [0.4, 0.5) is 11.5 Å². The zero-order valence-corrected chi connectivity index (χ0v) is 11.8. The predicted octanol–water partition coefficient (Wildman–Crippen LogP) is 2.80. The van der Waals surface area contributed by atoms with Gasteiger partial charge in [-0.2, -0.15) is 4.98 Å². The second kappa shape index (κ2) is 7.35. The van der Waals surface area contributed by atoms with E-state index >= 15 is 0 Å².